The minimum absolute atomic E-state index is 0.0213. The van der Waals surface area contributed by atoms with Gasteiger partial charge in [0.15, 0.2) is 11.5 Å². The maximum Gasteiger partial charge on any atom is 0.258 e. The van der Waals surface area contributed by atoms with Crippen molar-refractivity contribution in [2.45, 2.75) is 25.8 Å². The molecule has 1 fully saturated rings. The Labute approximate surface area is 140 Å². The maximum atomic E-state index is 13.1. The van der Waals surface area contributed by atoms with Gasteiger partial charge in [0.1, 0.15) is 19.3 Å². The third-order valence-electron chi connectivity index (χ3n) is 4.26. The second-order valence-electron chi connectivity index (χ2n) is 5.84. The molecular formula is C17H20N2O5. The number of para-hydroxylation sites is 1. The van der Waals surface area contributed by atoms with E-state index in [1.807, 2.05) is 6.92 Å². The summed E-state index contributed by atoms with van der Waals surface area (Å²) < 4.78 is 11.1. The second kappa shape index (κ2) is 6.51. The average molecular weight is 332 g/mol. The summed E-state index contributed by atoms with van der Waals surface area (Å²) in [5, 5.41) is 0. The molecular weight excluding hydrogens is 312 g/mol. The number of hydrogen-bond donors (Lipinski definition) is 0. The number of likely N-dealkylation sites (tertiary alicyclic amines) is 1. The van der Waals surface area contributed by atoms with Crippen molar-refractivity contribution in [2.75, 3.05) is 26.8 Å². The fourth-order valence-electron chi connectivity index (χ4n) is 3.02. The molecule has 0 unspecified atom stereocenters. The van der Waals surface area contributed by atoms with Gasteiger partial charge in [0.05, 0.1) is 12.0 Å². The second-order valence-corrected chi connectivity index (χ2v) is 5.84. The highest BCUT2D eigenvalue weighted by atomic mass is 16.6. The Bertz CT molecular complexity index is 688. The highest BCUT2D eigenvalue weighted by Gasteiger charge is 2.42. The summed E-state index contributed by atoms with van der Waals surface area (Å²) in [6.45, 7) is 3.12. The number of imide groups is 1. The molecule has 1 aromatic rings. The van der Waals surface area contributed by atoms with Gasteiger partial charge >= 0.3 is 0 Å². The molecule has 7 nitrogen and oxygen atoms in total. The van der Waals surface area contributed by atoms with Crippen molar-refractivity contribution in [1.82, 2.24) is 9.80 Å². The van der Waals surface area contributed by atoms with Crippen LogP contribution >= 0.6 is 0 Å². The van der Waals surface area contributed by atoms with Gasteiger partial charge in [-0.2, -0.15) is 0 Å². The van der Waals surface area contributed by atoms with Crippen molar-refractivity contribution in [3.8, 4) is 11.5 Å². The van der Waals surface area contributed by atoms with Crippen LogP contribution in [0, 0.1) is 0 Å². The lowest BCUT2D eigenvalue weighted by Crippen LogP contribution is -2.45. The number of fused-ring (bicyclic) bond motifs is 1. The lowest BCUT2D eigenvalue weighted by atomic mass is 10.1. The van der Waals surface area contributed by atoms with Crippen LogP contribution in [0.1, 0.15) is 30.1 Å². The molecule has 0 radical (unpaired) electrons. The minimum Gasteiger partial charge on any atom is -0.486 e. The van der Waals surface area contributed by atoms with Crippen molar-refractivity contribution in [1.29, 1.82) is 0 Å². The van der Waals surface area contributed by atoms with E-state index in [4.69, 9.17) is 9.47 Å². The first-order valence-electron chi connectivity index (χ1n) is 8.04. The van der Waals surface area contributed by atoms with E-state index in [2.05, 4.69) is 0 Å². The van der Waals surface area contributed by atoms with Crippen LogP contribution < -0.4 is 9.47 Å². The molecule has 0 aliphatic carbocycles. The van der Waals surface area contributed by atoms with Crippen LogP contribution in [0.5, 0.6) is 11.5 Å². The van der Waals surface area contributed by atoms with Crippen LogP contribution in [0.2, 0.25) is 0 Å². The first-order chi connectivity index (χ1) is 11.5. The number of carbonyl (C=O) groups is 3. The predicted octanol–water partition coefficient (Wildman–Crippen LogP) is 1.07. The Morgan fingerprint density at radius 2 is 2.04 bits per heavy atom. The molecule has 2 aliphatic rings. The zero-order valence-electron chi connectivity index (χ0n) is 13.8. The van der Waals surface area contributed by atoms with Crippen molar-refractivity contribution in [3.63, 3.8) is 0 Å². The highest BCUT2D eigenvalue weighted by Crippen LogP contribution is 2.35. The molecule has 128 valence electrons. The molecule has 24 heavy (non-hydrogen) atoms. The Morgan fingerprint density at radius 1 is 1.29 bits per heavy atom. The Balaban J connectivity index is 1.94. The number of amides is 3. The van der Waals surface area contributed by atoms with E-state index in [9.17, 15) is 14.4 Å². The number of nitrogens with zero attached hydrogens (tertiary/aromatic N) is 2. The third kappa shape index (κ3) is 2.70. The summed E-state index contributed by atoms with van der Waals surface area (Å²) in [4.78, 5) is 39.7. The summed E-state index contributed by atoms with van der Waals surface area (Å²) >= 11 is 0. The molecule has 0 aromatic heterocycles. The quantitative estimate of drug-likeness (QED) is 0.771. The Morgan fingerprint density at radius 3 is 2.71 bits per heavy atom. The molecule has 1 aromatic carbocycles. The van der Waals surface area contributed by atoms with E-state index in [1.165, 1.54) is 11.9 Å². The number of benzene rings is 1. The number of rotatable bonds is 4. The maximum absolute atomic E-state index is 13.1. The van der Waals surface area contributed by atoms with Crippen molar-refractivity contribution in [2.24, 2.45) is 0 Å². The van der Waals surface area contributed by atoms with Gasteiger partial charge in [-0.3, -0.25) is 19.3 Å². The first-order valence-corrected chi connectivity index (χ1v) is 8.04. The molecule has 0 bridgehead atoms. The molecule has 2 aliphatic heterocycles. The van der Waals surface area contributed by atoms with Gasteiger partial charge in [-0.25, -0.2) is 0 Å². The van der Waals surface area contributed by atoms with Gasteiger partial charge in [0.25, 0.3) is 11.8 Å². The molecule has 1 saturated heterocycles. The molecule has 2 heterocycles. The van der Waals surface area contributed by atoms with Crippen LogP contribution in [0.3, 0.4) is 0 Å². The van der Waals surface area contributed by atoms with Crippen LogP contribution in [-0.4, -0.2) is 60.4 Å². The SMILES string of the molecule is CCCN(C(=O)c1cccc2c1OCCO2)[C@@H]1CC(=O)N(C)C1=O. The molecule has 3 amide bonds. The fraction of sp³-hybridized carbons (Fsp3) is 0.471. The largest absolute Gasteiger partial charge is 0.486 e. The van der Waals surface area contributed by atoms with E-state index in [1.54, 1.807) is 18.2 Å². The molecule has 3 rings (SSSR count). The zero-order chi connectivity index (χ0) is 17.3. The Kier molecular flexibility index (Phi) is 4.42. The summed E-state index contributed by atoms with van der Waals surface area (Å²) in [7, 11) is 1.45. The van der Waals surface area contributed by atoms with Crippen LogP contribution in [-0.2, 0) is 9.59 Å². The van der Waals surface area contributed by atoms with Gasteiger partial charge in [-0.15, -0.1) is 0 Å². The van der Waals surface area contributed by atoms with E-state index in [-0.39, 0.29) is 24.1 Å². The Hall–Kier alpha value is -2.57. The first kappa shape index (κ1) is 16.3. The lowest BCUT2D eigenvalue weighted by Gasteiger charge is -2.28. The molecule has 0 N–H and O–H groups in total. The molecule has 7 heteroatoms. The predicted molar refractivity (Wildman–Crippen MR) is 84.9 cm³/mol. The van der Waals surface area contributed by atoms with E-state index in [0.717, 1.165) is 4.90 Å². The van der Waals surface area contributed by atoms with Gasteiger partial charge in [-0.1, -0.05) is 13.0 Å². The van der Waals surface area contributed by atoms with E-state index >= 15 is 0 Å². The van der Waals surface area contributed by atoms with E-state index < -0.39 is 6.04 Å². The molecule has 1 atom stereocenters. The van der Waals surface area contributed by atoms with Crippen LogP contribution in [0.15, 0.2) is 18.2 Å². The number of likely N-dealkylation sites (N-methyl/N-ethyl adjacent to an activating group) is 1. The minimum atomic E-state index is -0.754. The van der Waals surface area contributed by atoms with Gasteiger partial charge in [0.2, 0.25) is 5.91 Å². The van der Waals surface area contributed by atoms with Crippen molar-refractivity contribution in [3.05, 3.63) is 23.8 Å². The smallest absolute Gasteiger partial charge is 0.258 e. The third-order valence-corrected chi connectivity index (χ3v) is 4.26. The van der Waals surface area contributed by atoms with Crippen molar-refractivity contribution >= 4 is 17.7 Å². The number of hydrogen-bond acceptors (Lipinski definition) is 5. The van der Waals surface area contributed by atoms with Gasteiger partial charge in [-0.05, 0) is 18.6 Å². The summed E-state index contributed by atoms with van der Waals surface area (Å²) in [6, 6.07) is 4.37. The van der Waals surface area contributed by atoms with Gasteiger partial charge in [0, 0.05) is 13.6 Å². The number of ether oxygens (including phenoxy) is 2. The summed E-state index contributed by atoms with van der Waals surface area (Å²) in [5.41, 5.74) is 0.357. The summed E-state index contributed by atoms with van der Waals surface area (Å²) in [6.07, 6.45) is 0.702. The molecule has 0 saturated carbocycles. The topological polar surface area (TPSA) is 76.2 Å². The number of carbonyl (C=O) groups excluding carboxylic acids is 3. The normalized spacial score (nSPS) is 19.6. The highest BCUT2D eigenvalue weighted by molar-refractivity contribution is 6.08. The fourth-order valence-corrected chi connectivity index (χ4v) is 3.02. The lowest BCUT2D eigenvalue weighted by molar-refractivity contribution is -0.137. The zero-order valence-corrected chi connectivity index (χ0v) is 13.8. The molecule has 0 spiro atoms. The average Bonchev–Trinajstić information content (AvgIpc) is 2.86. The summed E-state index contributed by atoms with van der Waals surface area (Å²) in [5.74, 6) is -0.00698. The van der Waals surface area contributed by atoms with E-state index in [0.29, 0.717) is 43.2 Å². The van der Waals surface area contributed by atoms with Crippen molar-refractivity contribution < 1.29 is 23.9 Å². The van der Waals surface area contributed by atoms with Crippen LogP contribution in [0.4, 0.5) is 0 Å². The van der Waals surface area contributed by atoms with Crippen LogP contribution in [0.25, 0.3) is 0 Å². The standard InChI is InChI=1S/C17H20N2O5/c1-3-7-19(12-10-14(20)18(2)17(12)22)16(21)11-5-4-6-13-15(11)24-9-8-23-13/h4-6,12H,3,7-10H2,1-2H3/t12-/m1/s1. The van der Waals surface area contributed by atoms with Gasteiger partial charge < -0.3 is 14.4 Å². The monoisotopic (exact) mass is 332 g/mol.